The second kappa shape index (κ2) is 6.78. The lowest BCUT2D eigenvalue weighted by Crippen LogP contribution is -2.40. The van der Waals surface area contributed by atoms with Crippen LogP contribution >= 0.6 is 0 Å². The van der Waals surface area contributed by atoms with Crippen LogP contribution in [0.25, 0.3) is 0 Å². The number of aldehydes is 1. The number of aliphatic hydroxyl groups is 1. The third kappa shape index (κ3) is 3.97. The van der Waals surface area contributed by atoms with Gasteiger partial charge in [-0.15, -0.1) is 0 Å². The van der Waals surface area contributed by atoms with Gasteiger partial charge in [-0.1, -0.05) is 30.3 Å². The number of carboxylic acids is 1. The van der Waals surface area contributed by atoms with Crippen LogP contribution in [-0.2, 0) is 9.59 Å². The summed E-state index contributed by atoms with van der Waals surface area (Å²) in [6.45, 7) is -0.230. The molecule has 5 heteroatoms. The molecule has 1 aromatic rings. The molecule has 0 aliphatic rings. The maximum Gasteiger partial charge on any atom is 0.321 e. The molecule has 1 rings (SSSR count). The number of carbonyl (C=O) groups is 2. The van der Waals surface area contributed by atoms with E-state index >= 15 is 0 Å². The third-order valence-corrected chi connectivity index (χ3v) is 2.42. The normalized spacial score (nSPS) is 13.9. The van der Waals surface area contributed by atoms with Gasteiger partial charge in [0.15, 0.2) is 0 Å². The Hall–Kier alpha value is -1.72. The molecule has 0 spiro atoms. The minimum absolute atomic E-state index is 0.126. The number of benzene rings is 1. The van der Waals surface area contributed by atoms with Crippen LogP contribution in [0.15, 0.2) is 30.3 Å². The summed E-state index contributed by atoms with van der Waals surface area (Å²) in [6.07, 6.45) is 0.421. The number of rotatable bonds is 7. The first kappa shape index (κ1) is 13.3. The summed E-state index contributed by atoms with van der Waals surface area (Å²) in [5.74, 6) is -1.11. The number of carboxylic acid groups (broad SMARTS) is 1. The van der Waals surface area contributed by atoms with E-state index < -0.39 is 18.1 Å². The minimum atomic E-state index is -1.11. The van der Waals surface area contributed by atoms with Crippen LogP contribution in [0.4, 0.5) is 0 Å². The molecule has 2 atom stereocenters. The molecule has 0 amide bonds. The SMILES string of the molecule is O=CCC(NC(CO)c1ccccc1)C(=O)O. The molecule has 0 heterocycles. The zero-order valence-corrected chi connectivity index (χ0v) is 9.24. The monoisotopic (exact) mass is 237 g/mol. The van der Waals surface area contributed by atoms with E-state index in [2.05, 4.69) is 5.32 Å². The van der Waals surface area contributed by atoms with Crippen LogP contribution in [-0.4, -0.2) is 35.1 Å². The molecular formula is C12H15NO4. The maximum atomic E-state index is 10.9. The molecule has 5 nitrogen and oxygen atoms in total. The van der Waals surface area contributed by atoms with E-state index in [1.165, 1.54) is 0 Å². The summed E-state index contributed by atoms with van der Waals surface area (Å²) in [5.41, 5.74) is 0.784. The molecule has 2 unspecified atom stereocenters. The van der Waals surface area contributed by atoms with Gasteiger partial charge < -0.3 is 15.0 Å². The molecule has 0 radical (unpaired) electrons. The van der Waals surface area contributed by atoms with Gasteiger partial charge in [-0.2, -0.15) is 0 Å². The molecule has 0 saturated heterocycles. The van der Waals surface area contributed by atoms with Crippen molar-refractivity contribution in [3.8, 4) is 0 Å². The highest BCUT2D eigenvalue weighted by atomic mass is 16.4. The topological polar surface area (TPSA) is 86.6 Å². The lowest BCUT2D eigenvalue weighted by atomic mass is 10.1. The number of aliphatic hydroxyl groups excluding tert-OH is 1. The quantitative estimate of drug-likeness (QED) is 0.596. The first-order valence-electron chi connectivity index (χ1n) is 5.27. The molecule has 3 N–H and O–H groups in total. The van der Waals surface area contributed by atoms with Crippen LogP contribution in [0, 0.1) is 0 Å². The van der Waals surface area contributed by atoms with Gasteiger partial charge in [0.1, 0.15) is 12.3 Å². The Morgan fingerprint density at radius 1 is 1.35 bits per heavy atom. The van der Waals surface area contributed by atoms with Crippen LogP contribution in [0.2, 0.25) is 0 Å². The smallest absolute Gasteiger partial charge is 0.321 e. The Kier molecular flexibility index (Phi) is 5.32. The summed E-state index contributed by atoms with van der Waals surface area (Å²) in [4.78, 5) is 21.2. The maximum absolute atomic E-state index is 10.9. The van der Waals surface area contributed by atoms with Gasteiger partial charge in [0, 0.05) is 6.42 Å². The zero-order valence-electron chi connectivity index (χ0n) is 9.24. The summed E-state index contributed by atoms with van der Waals surface area (Å²) in [6, 6.07) is 7.53. The highest BCUT2D eigenvalue weighted by molar-refractivity contribution is 5.77. The van der Waals surface area contributed by atoms with Crippen molar-refractivity contribution in [3.05, 3.63) is 35.9 Å². The van der Waals surface area contributed by atoms with E-state index in [1.54, 1.807) is 24.3 Å². The van der Waals surface area contributed by atoms with E-state index in [9.17, 15) is 14.7 Å². The Bertz CT molecular complexity index is 366. The highest BCUT2D eigenvalue weighted by Crippen LogP contribution is 2.13. The van der Waals surface area contributed by atoms with Crippen molar-refractivity contribution >= 4 is 12.3 Å². The fourth-order valence-corrected chi connectivity index (χ4v) is 1.52. The van der Waals surface area contributed by atoms with Gasteiger partial charge in [-0.3, -0.25) is 10.1 Å². The largest absolute Gasteiger partial charge is 0.480 e. The Balaban J connectivity index is 2.75. The molecule has 0 bridgehead atoms. The number of aliphatic carboxylic acids is 1. The van der Waals surface area contributed by atoms with E-state index in [1.807, 2.05) is 6.07 Å². The third-order valence-electron chi connectivity index (χ3n) is 2.42. The predicted octanol–water partition coefficient (Wildman–Crippen LogP) is 0.352. The predicted molar refractivity (Wildman–Crippen MR) is 61.5 cm³/mol. The second-order valence-electron chi connectivity index (χ2n) is 3.61. The van der Waals surface area contributed by atoms with Crippen molar-refractivity contribution in [2.24, 2.45) is 0 Å². The summed E-state index contributed by atoms with van der Waals surface area (Å²) < 4.78 is 0. The van der Waals surface area contributed by atoms with E-state index in [4.69, 9.17) is 5.11 Å². The van der Waals surface area contributed by atoms with Crippen LogP contribution in [0.3, 0.4) is 0 Å². The lowest BCUT2D eigenvalue weighted by Gasteiger charge is -2.20. The fraction of sp³-hybridized carbons (Fsp3) is 0.333. The van der Waals surface area contributed by atoms with Gasteiger partial charge in [0.2, 0.25) is 0 Å². The molecule has 0 aliphatic carbocycles. The van der Waals surface area contributed by atoms with Gasteiger partial charge in [-0.05, 0) is 5.56 Å². The van der Waals surface area contributed by atoms with Gasteiger partial charge in [-0.25, -0.2) is 0 Å². The molecule has 0 aromatic heterocycles. The van der Waals surface area contributed by atoms with Crippen molar-refractivity contribution in [1.29, 1.82) is 0 Å². The van der Waals surface area contributed by atoms with Gasteiger partial charge >= 0.3 is 5.97 Å². The van der Waals surface area contributed by atoms with Crippen molar-refractivity contribution < 1.29 is 19.8 Å². The highest BCUT2D eigenvalue weighted by Gasteiger charge is 2.21. The number of carbonyl (C=O) groups excluding carboxylic acids is 1. The Morgan fingerprint density at radius 2 is 2.00 bits per heavy atom. The molecule has 0 fully saturated rings. The van der Waals surface area contributed by atoms with Crippen LogP contribution in [0.1, 0.15) is 18.0 Å². The van der Waals surface area contributed by atoms with Gasteiger partial charge in [0.05, 0.1) is 12.6 Å². The average Bonchev–Trinajstić information content (AvgIpc) is 2.35. The molecular weight excluding hydrogens is 222 g/mol. The average molecular weight is 237 g/mol. The summed E-state index contributed by atoms with van der Waals surface area (Å²) in [7, 11) is 0. The van der Waals surface area contributed by atoms with Crippen LogP contribution < -0.4 is 5.32 Å². The van der Waals surface area contributed by atoms with Crippen LogP contribution in [0.5, 0.6) is 0 Å². The summed E-state index contributed by atoms with van der Waals surface area (Å²) in [5, 5.41) is 20.9. The zero-order chi connectivity index (χ0) is 12.7. The molecule has 0 aliphatic heterocycles. The first-order valence-corrected chi connectivity index (χ1v) is 5.27. The van der Waals surface area contributed by atoms with Crippen molar-refractivity contribution in [3.63, 3.8) is 0 Å². The number of hydrogen-bond acceptors (Lipinski definition) is 4. The Morgan fingerprint density at radius 3 is 2.47 bits per heavy atom. The van der Waals surface area contributed by atoms with Gasteiger partial charge in [0.25, 0.3) is 0 Å². The van der Waals surface area contributed by atoms with E-state index in [-0.39, 0.29) is 13.0 Å². The van der Waals surface area contributed by atoms with Crippen molar-refractivity contribution in [2.75, 3.05) is 6.61 Å². The van der Waals surface area contributed by atoms with E-state index in [0.717, 1.165) is 5.56 Å². The first-order chi connectivity index (χ1) is 8.19. The molecule has 92 valence electrons. The number of nitrogens with one attached hydrogen (secondary N) is 1. The molecule has 17 heavy (non-hydrogen) atoms. The Labute approximate surface area is 99.1 Å². The standard InChI is InChI=1S/C12H15NO4/c14-7-6-10(12(16)17)13-11(8-15)9-4-2-1-3-5-9/h1-5,7,10-11,13,15H,6,8H2,(H,16,17). The fourth-order valence-electron chi connectivity index (χ4n) is 1.52. The van der Waals surface area contributed by atoms with E-state index in [0.29, 0.717) is 6.29 Å². The molecule has 0 saturated carbocycles. The molecule has 1 aromatic carbocycles. The summed E-state index contributed by atoms with van der Waals surface area (Å²) >= 11 is 0. The second-order valence-corrected chi connectivity index (χ2v) is 3.61. The minimum Gasteiger partial charge on any atom is -0.480 e. The lowest BCUT2D eigenvalue weighted by molar-refractivity contribution is -0.140. The number of hydrogen-bond donors (Lipinski definition) is 3. The van der Waals surface area contributed by atoms with Crippen molar-refractivity contribution in [2.45, 2.75) is 18.5 Å². The van der Waals surface area contributed by atoms with Crippen molar-refractivity contribution in [1.82, 2.24) is 5.32 Å².